The van der Waals surface area contributed by atoms with Gasteiger partial charge in [0.15, 0.2) is 11.5 Å². The number of nitrogens with zero attached hydrogens (tertiary/aromatic N) is 2. The van der Waals surface area contributed by atoms with E-state index in [4.69, 9.17) is 4.74 Å². The van der Waals surface area contributed by atoms with Gasteiger partial charge in [-0.1, -0.05) is 0 Å². The number of ether oxygens (including phenoxy) is 1. The van der Waals surface area contributed by atoms with Crippen molar-refractivity contribution >= 4 is 5.78 Å². The normalized spacial score (nSPS) is 10.5. The molecule has 0 fully saturated rings. The molecule has 5 heteroatoms. The number of hydrogen-bond donors (Lipinski definition) is 0. The van der Waals surface area contributed by atoms with E-state index in [1.54, 1.807) is 24.0 Å². The highest BCUT2D eigenvalue weighted by molar-refractivity contribution is 5.97. The molecule has 0 radical (unpaired) electrons. The number of aromatic nitrogens is 2. The average molecular weight is 262 g/mol. The van der Waals surface area contributed by atoms with Crippen molar-refractivity contribution in [2.45, 2.75) is 27.3 Å². The Bertz CT molecular complexity index is 620. The molecule has 0 aliphatic rings. The van der Waals surface area contributed by atoms with Crippen LogP contribution >= 0.6 is 0 Å². The highest BCUT2D eigenvalue weighted by Crippen LogP contribution is 2.28. The zero-order valence-corrected chi connectivity index (χ0v) is 11.1. The van der Waals surface area contributed by atoms with Gasteiger partial charge in [0, 0.05) is 6.54 Å². The molecule has 0 N–H and O–H groups in total. The molecule has 0 aliphatic heterocycles. The second kappa shape index (κ2) is 5.22. The van der Waals surface area contributed by atoms with E-state index in [0.29, 0.717) is 17.1 Å². The minimum absolute atomic E-state index is 0.229. The molecule has 0 bridgehead atoms. The fraction of sp³-hybridized carbons (Fsp3) is 0.286. The van der Waals surface area contributed by atoms with Crippen LogP contribution in [0.5, 0.6) is 11.5 Å². The van der Waals surface area contributed by atoms with Crippen LogP contribution in [0.25, 0.3) is 0 Å². The second-order valence-electron chi connectivity index (χ2n) is 4.29. The minimum Gasteiger partial charge on any atom is -0.453 e. The lowest BCUT2D eigenvalue weighted by molar-refractivity contribution is 0.101. The van der Waals surface area contributed by atoms with Gasteiger partial charge in [0.25, 0.3) is 0 Å². The summed E-state index contributed by atoms with van der Waals surface area (Å²) in [4.78, 5) is 11.5. The van der Waals surface area contributed by atoms with Crippen molar-refractivity contribution in [2.24, 2.45) is 0 Å². The van der Waals surface area contributed by atoms with Crippen LogP contribution in [0.2, 0.25) is 0 Å². The van der Waals surface area contributed by atoms with E-state index in [2.05, 4.69) is 5.10 Å². The van der Waals surface area contributed by atoms with Crippen molar-refractivity contribution in [3.63, 3.8) is 0 Å². The summed E-state index contributed by atoms with van der Waals surface area (Å²) in [5.74, 6) is 0.219. The third-order valence-corrected chi connectivity index (χ3v) is 2.80. The summed E-state index contributed by atoms with van der Waals surface area (Å²) in [6.07, 6.45) is 3.29. The van der Waals surface area contributed by atoms with E-state index in [-0.39, 0.29) is 11.3 Å². The van der Waals surface area contributed by atoms with E-state index in [1.807, 2.05) is 6.92 Å². The predicted octanol–water partition coefficient (Wildman–Crippen LogP) is 3.35. The van der Waals surface area contributed by atoms with Gasteiger partial charge in [-0.25, -0.2) is 4.39 Å². The summed E-state index contributed by atoms with van der Waals surface area (Å²) in [6.45, 7) is 5.69. The number of carbonyl (C=O) groups is 1. The Morgan fingerprint density at radius 3 is 2.79 bits per heavy atom. The molecule has 0 spiro atoms. The second-order valence-corrected chi connectivity index (χ2v) is 4.29. The minimum atomic E-state index is -0.415. The molecule has 100 valence electrons. The standard InChI is InChI=1S/C14H15FN2O2/c1-4-17-8-11(7-16-17)19-14-5-9(2)13(15)6-12(14)10(3)18/h5-8H,4H2,1-3H3. The van der Waals surface area contributed by atoms with Gasteiger partial charge in [-0.3, -0.25) is 9.48 Å². The van der Waals surface area contributed by atoms with E-state index in [9.17, 15) is 9.18 Å². The Balaban J connectivity index is 2.38. The Kier molecular flexibility index (Phi) is 3.64. The van der Waals surface area contributed by atoms with Crippen molar-refractivity contribution < 1.29 is 13.9 Å². The third-order valence-electron chi connectivity index (χ3n) is 2.80. The maximum absolute atomic E-state index is 13.5. The molecule has 19 heavy (non-hydrogen) atoms. The zero-order chi connectivity index (χ0) is 14.0. The number of aryl methyl sites for hydroxylation is 2. The summed E-state index contributed by atoms with van der Waals surface area (Å²) >= 11 is 0. The molecule has 0 saturated carbocycles. The molecule has 0 saturated heterocycles. The van der Waals surface area contributed by atoms with Crippen molar-refractivity contribution in [2.75, 3.05) is 0 Å². The molecule has 1 aromatic carbocycles. The van der Waals surface area contributed by atoms with Crippen molar-refractivity contribution in [1.29, 1.82) is 0 Å². The van der Waals surface area contributed by atoms with Crippen LogP contribution in [0.1, 0.15) is 29.8 Å². The molecule has 0 aliphatic carbocycles. The van der Waals surface area contributed by atoms with Crippen LogP contribution in [0.15, 0.2) is 24.5 Å². The number of Topliss-reactive ketones (excluding diaryl/α,β-unsaturated/α-hetero) is 1. The Morgan fingerprint density at radius 2 is 2.21 bits per heavy atom. The van der Waals surface area contributed by atoms with Gasteiger partial charge in [-0.05, 0) is 38.5 Å². The van der Waals surface area contributed by atoms with Gasteiger partial charge < -0.3 is 4.74 Å². The quantitative estimate of drug-likeness (QED) is 0.794. The maximum atomic E-state index is 13.5. The Labute approximate surface area is 110 Å². The molecule has 4 nitrogen and oxygen atoms in total. The van der Waals surface area contributed by atoms with Crippen LogP contribution in [0.3, 0.4) is 0 Å². The number of ketones is 1. The lowest BCUT2D eigenvalue weighted by atomic mass is 10.1. The van der Waals surface area contributed by atoms with Crippen LogP contribution < -0.4 is 4.74 Å². The first-order chi connectivity index (χ1) is 9.01. The highest BCUT2D eigenvalue weighted by atomic mass is 19.1. The number of halogens is 1. The largest absolute Gasteiger partial charge is 0.453 e. The van der Waals surface area contributed by atoms with E-state index >= 15 is 0 Å². The van der Waals surface area contributed by atoms with Gasteiger partial charge in [0.2, 0.25) is 0 Å². The average Bonchev–Trinajstić information content (AvgIpc) is 2.81. The number of rotatable bonds is 4. The van der Waals surface area contributed by atoms with Crippen molar-refractivity contribution in [3.05, 3.63) is 41.5 Å². The first kappa shape index (κ1) is 13.3. The summed E-state index contributed by atoms with van der Waals surface area (Å²) < 4.78 is 20.8. The Morgan fingerprint density at radius 1 is 1.47 bits per heavy atom. The molecule has 0 amide bonds. The SMILES string of the molecule is CCn1cc(Oc2cc(C)c(F)cc2C(C)=O)cn1. The molecular weight excluding hydrogens is 247 g/mol. The fourth-order valence-electron chi connectivity index (χ4n) is 1.71. The Hall–Kier alpha value is -2.17. The summed E-state index contributed by atoms with van der Waals surface area (Å²) in [5, 5.41) is 4.08. The molecule has 0 unspecified atom stereocenters. The fourth-order valence-corrected chi connectivity index (χ4v) is 1.71. The van der Waals surface area contributed by atoms with E-state index in [0.717, 1.165) is 6.54 Å². The van der Waals surface area contributed by atoms with E-state index < -0.39 is 5.82 Å². The zero-order valence-electron chi connectivity index (χ0n) is 11.1. The number of benzene rings is 1. The maximum Gasteiger partial charge on any atom is 0.165 e. The molecule has 2 rings (SSSR count). The van der Waals surface area contributed by atoms with Gasteiger partial charge in [0.05, 0.1) is 18.0 Å². The van der Waals surface area contributed by atoms with Crippen molar-refractivity contribution in [3.8, 4) is 11.5 Å². The monoisotopic (exact) mass is 262 g/mol. The van der Waals surface area contributed by atoms with Gasteiger partial charge in [-0.15, -0.1) is 0 Å². The molecule has 0 atom stereocenters. The van der Waals surface area contributed by atoms with Gasteiger partial charge in [-0.2, -0.15) is 5.10 Å². The predicted molar refractivity (Wildman–Crippen MR) is 69.1 cm³/mol. The summed E-state index contributed by atoms with van der Waals surface area (Å²) in [5.41, 5.74) is 0.662. The smallest absolute Gasteiger partial charge is 0.165 e. The van der Waals surface area contributed by atoms with E-state index in [1.165, 1.54) is 19.1 Å². The molecule has 1 aromatic heterocycles. The topological polar surface area (TPSA) is 44.1 Å². The number of hydrogen-bond acceptors (Lipinski definition) is 3. The van der Waals surface area contributed by atoms with Crippen LogP contribution in [-0.2, 0) is 6.54 Å². The van der Waals surface area contributed by atoms with Gasteiger partial charge in [0.1, 0.15) is 11.6 Å². The van der Waals surface area contributed by atoms with Crippen LogP contribution in [-0.4, -0.2) is 15.6 Å². The first-order valence-electron chi connectivity index (χ1n) is 6.02. The summed E-state index contributed by atoms with van der Waals surface area (Å²) in [7, 11) is 0. The lowest BCUT2D eigenvalue weighted by Crippen LogP contribution is -1.99. The molecule has 1 heterocycles. The van der Waals surface area contributed by atoms with Crippen LogP contribution in [0.4, 0.5) is 4.39 Å². The molecule has 2 aromatic rings. The number of carbonyl (C=O) groups excluding carboxylic acids is 1. The first-order valence-corrected chi connectivity index (χ1v) is 6.02. The lowest BCUT2D eigenvalue weighted by Gasteiger charge is -2.09. The summed E-state index contributed by atoms with van der Waals surface area (Å²) in [6, 6.07) is 2.73. The van der Waals surface area contributed by atoms with Gasteiger partial charge >= 0.3 is 0 Å². The molecular formula is C14H15FN2O2. The van der Waals surface area contributed by atoms with Crippen LogP contribution in [0, 0.1) is 12.7 Å². The third kappa shape index (κ3) is 2.81. The highest BCUT2D eigenvalue weighted by Gasteiger charge is 2.14. The van der Waals surface area contributed by atoms with Crippen molar-refractivity contribution in [1.82, 2.24) is 9.78 Å².